The van der Waals surface area contributed by atoms with Gasteiger partial charge in [0, 0.05) is 31.4 Å². The van der Waals surface area contributed by atoms with Gasteiger partial charge in [0.25, 0.3) is 0 Å². The summed E-state index contributed by atoms with van der Waals surface area (Å²) >= 11 is 3.99. The first-order valence-corrected chi connectivity index (χ1v) is 11.6. The fourth-order valence-electron chi connectivity index (χ4n) is 5.27. The maximum Gasteiger partial charge on any atom is 0.0619 e. The smallest absolute Gasteiger partial charge is 0.0619 e. The molecule has 0 saturated carbocycles. The Hall–Kier alpha value is -3.62. The van der Waals surface area contributed by atoms with Crippen molar-refractivity contribution < 1.29 is 0 Å². The lowest BCUT2D eigenvalue weighted by Crippen LogP contribution is -1.98. The lowest BCUT2D eigenvalue weighted by molar-refractivity contribution is 1.21. The van der Waals surface area contributed by atoms with Crippen LogP contribution in [-0.4, -0.2) is 4.57 Å². The molecule has 0 fully saturated rings. The molecule has 0 N–H and O–H groups in total. The summed E-state index contributed by atoms with van der Waals surface area (Å²) < 4.78 is 3.61. The summed E-state index contributed by atoms with van der Waals surface area (Å²) in [4.78, 5) is 0. The first kappa shape index (κ1) is 18.0. The lowest BCUT2D eigenvalue weighted by Gasteiger charge is -2.18. The van der Waals surface area contributed by atoms with E-state index >= 15 is 0 Å². The normalized spacial score (nSPS) is 11.9. The number of hydrogen-bond acceptors (Lipinski definition) is 0. The Kier molecular flexibility index (Phi) is 3.76. The van der Waals surface area contributed by atoms with Crippen molar-refractivity contribution in [3.63, 3.8) is 0 Å². The highest BCUT2D eigenvalue weighted by atomic mass is 79.9. The molecule has 2 heteroatoms. The Morgan fingerprint density at radius 3 is 1.66 bits per heavy atom. The predicted octanol–water partition coefficient (Wildman–Crippen LogP) is 9.01. The summed E-state index contributed by atoms with van der Waals surface area (Å²) in [7, 11) is 0. The van der Waals surface area contributed by atoms with E-state index in [1.165, 1.54) is 59.8 Å². The zero-order valence-corrected chi connectivity index (χ0v) is 18.8. The van der Waals surface area contributed by atoms with E-state index in [9.17, 15) is 0 Å². The minimum Gasteiger partial charge on any atom is -0.308 e. The summed E-state index contributed by atoms with van der Waals surface area (Å²) in [6.07, 6.45) is 0. The number of hydrogen-bond donors (Lipinski definition) is 0. The van der Waals surface area contributed by atoms with E-state index in [4.69, 9.17) is 0 Å². The highest BCUT2D eigenvalue weighted by Gasteiger charge is 2.19. The number of benzene rings is 6. The van der Waals surface area contributed by atoms with Gasteiger partial charge in [-0.3, -0.25) is 0 Å². The fourth-order valence-corrected chi connectivity index (χ4v) is 6.04. The molecule has 0 aliphatic heterocycles. The fraction of sp³-hybridized carbons (Fsp3) is 0. The molecule has 0 aliphatic carbocycles. The highest BCUT2D eigenvalue weighted by Crippen LogP contribution is 2.44. The first-order valence-electron chi connectivity index (χ1n) is 10.8. The number of halogens is 1. The molecule has 0 aliphatic rings. The van der Waals surface area contributed by atoms with Gasteiger partial charge in [0.05, 0.1) is 16.7 Å². The molecule has 1 aromatic heterocycles. The molecule has 7 aromatic rings. The number of rotatable bonds is 1. The van der Waals surface area contributed by atoms with E-state index in [0.717, 1.165) is 4.47 Å². The third-order valence-electron chi connectivity index (χ3n) is 6.63. The van der Waals surface area contributed by atoms with Crippen molar-refractivity contribution in [2.75, 3.05) is 0 Å². The standard InChI is InChI=1S/C30H18BrN/c31-29-23-13-3-4-14-24(23)30(25-18-17-19-9-1-2-10-20(19)28(25)29)32-26-15-7-5-11-21(26)22-12-6-8-16-27(22)32/h1-18H. The predicted molar refractivity (Wildman–Crippen MR) is 141 cm³/mol. The Morgan fingerprint density at radius 1 is 0.438 bits per heavy atom. The molecule has 0 bridgehead atoms. The second kappa shape index (κ2) is 6.69. The van der Waals surface area contributed by atoms with E-state index in [2.05, 4.69) is 130 Å². The number of aromatic nitrogens is 1. The molecular weight excluding hydrogens is 454 g/mol. The Morgan fingerprint density at radius 2 is 0.969 bits per heavy atom. The van der Waals surface area contributed by atoms with Crippen LogP contribution in [0.25, 0.3) is 59.8 Å². The largest absolute Gasteiger partial charge is 0.308 e. The first-order chi connectivity index (χ1) is 15.8. The van der Waals surface area contributed by atoms with E-state index in [1.807, 2.05) is 0 Å². The Balaban J connectivity index is 1.82. The maximum absolute atomic E-state index is 3.99. The van der Waals surface area contributed by atoms with Crippen LogP contribution in [0.3, 0.4) is 0 Å². The van der Waals surface area contributed by atoms with Crippen LogP contribution in [0.5, 0.6) is 0 Å². The summed E-state index contributed by atoms with van der Waals surface area (Å²) in [6.45, 7) is 0. The molecule has 0 radical (unpaired) electrons. The third kappa shape index (κ3) is 2.33. The molecule has 0 saturated heterocycles. The average molecular weight is 472 g/mol. The van der Waals surface area contributed by atoms with E-state index in [-0.39, 0.29) is 0 Å². The summed E-state index contributed by atoms with van der Waals surface area (Å²) in [5.41, 5.74) is 3.70. The zero-order chi connectivity index (χ0) is 21.2. The van der Waals surface area contributed by atoms with Gasteiger partial charge < -0.3 is 4.57 Å². The lowest BCUT2D eigenvalue weighted by atomic mass is 9.96. The van der Waals surface area contributed by atoms with Gasteiger partial charge in [-0.05, 0) is 44.2 Å². The SMILES string of the molecule is Brc1c2ccccc2c(-n2c3ccccc3c3ccccc32)c2ccc3ccccc3c12. The highest BCUT2D eigenvalue weighted by molar-refractivity contribution is 9.10. The van der Waals surface area contributed by atoms with Crippen molar-refractivity contribution in [2.24, 2.45) is 0 Å². The van der Waals surface area contributed by atoms with Crippen LogP contribution in [0.1, 0.15) is 0 Å². The van der Waals surface area contributed by atoms with Crippen LogP contribution in [-0.2, 0) is 0 Å². The molecule has 7 rings (SSSR count). The quantitative estimate of drug-likeness (QED) is 0.166. The molecule has 1 nitrogen and oxygen atoms in total. The van der Waals surface area contributed by atoms with Crippen LogP contribution in [0, 0.1) is 0 Å². The number of fused-ring (bicyclic) bond motifs is 7. The third-order valence-corrected chi connectivity index (χ3v) is 7.45. The Bertz CT molecular complexity index is 1790. The topological polar surface area (TPSA) is 4.93 Å². The number of para-hydroxylation sites is 2. The number of nitrogens with zero attached hydrogens (tertiary/aromatic N) is 1. The van der Waals surface area contributed by atoms with Gasteiger partial charge in [-0.15, -0.1) is 0 Å². The monoisotopic (exact) mass is 471 g/mol. The van der Waals surface area contributed by atoms with Crippen LogP contribution >= 0.6 is 15.9 Å². The minimum atomic E-state index is 1.16. The van der Waals surface area contributed by atoms with E-state index < -0.39 is 0 Å². The second-order valence-electron chi connectivity index (χ2n) is 8.29. The van der Waals surface area contributed by atoms with Crippen LogP contribution in [0.4, 0.5) is 0 Å². The van der Waals surface area contributed by atoms with Gasteiger partial charge in [-0.2, -0.15) is 0 Å². The van der Waals surface area contributed by atoms with Gasteiger partial charge in [-0.25, -0.2) is 0 Å². The molecule has 6 aromatic carbocycles. The molecule has 32 heavy (non-hydrogen) atoms. The van der Waals surface area contributed by atoms with Crippen molar-refractivity contribution >= 4 is 70.1 Å². The molecule has 0 atom stereocenters. The van der Waals surface area contributed by atoms with E-state index in [1.54, 1.807) is 0 Å². The summed E-state index contributed by atoms with van der Waals surface area (Å²) in [5.74, 6) is 0. The van der Waals surface area contributed by atoms with Crippen LogP contribution in [0.2, 0.25) is 0 Å². The molecular formula is C30H18BrN. The minimum absolute atomic E-state index is 1.16. The van der Waals surface area contributed by atoms with Crippen LogP contribution in [0.15, 0.2) is 114 Å². The molecule has 0 unspecified atom stereocenters. The average Bonchev–Trinajstić information content (AvgIpc) is 3.18. The van der Waals surface area contributed by atoms with Gasteiger partial charge >= 0.3 is 0 Å². The van der Waals surface area contributed by atoms with Gasteiger partial charge in [-0.1, -0.05) is 97.1 Å². The van der Waals surface area contributed by atoms with E-state index in [0.29, 0.717) is 0 Å². The van der Waals surface area contributed by atoms with Gasteiger partial charge in [0.2, 0.25) is 0 Å². The zero-order valence-electron chi connectivity index (χ0n) is 17.2. The van der Waals surface area contributed by atoms with Gasteiger partial charge in [0.1, 0.15) is 0 Å². The maximum atomic E-state index is 3.99. The molecule has 1 heterocycles. The van der Waals surface area contributed by atoms with Crippen molar-refractivity contribution in [1.29, 1.82) is 0 Å². The Labute approximate surface area is 193 Å². The summed E-state index contributed by atoms with van der Waals surface area (Å²) in [5, 5.41) is 10.1. The summed E-state index contributed by atoms with van der Waals surface area (Å²) in [6, 6.07) is 39.4. The van der Waals surface area contributed by atoms with Crippen molar-refractivity contribution in [2.45, 2.75) is 0 Å². The van der Waals surface area contributed by atoms with Crippen molar-refractivity contribution in [3.05, 3.63) is 114 Å². The van der Waals surface area contributed by atoms with Crippen LogP contribution < -0.4 is 0 Å². The van der Waals surface area contributed by atoms with Crippen molar-refractivity contribution in [1.82, 2.24) is 4.57 Å². The molecule has 0 amide bonds. The molecule has 150 valence electrons. The second-order valence-corrected chi connectivity index (χ2v) is 9.08. The van der Waals surface area contributed by atoms with Gasteiger partial charge in [0.15, 0.2) is 0 Å². The van der Waals surface area contributed by atoms with Crippen molar-refractivity contribution in [3.8, 4) is 5.69 Å². The molecule has 0 spiro atoms.